The Hall–Kier alpha value is -1.65. The van der Waals surface area contributed by atoms with E-state index in [2.05, 4.69) is 5.32 Å². The van der Waals surface area contributed by atoms with Gasteiger partial charge in [-0.3, -0.25) is 4.79 Å². The van der Waals surface area contributed by atoms with Crippen LogP contribution >= 0.6 is 23.2 Å². The Morgan fingerprint density at radius 3 is 2.54 bits per heavy atom. The highest BCUT2D eigenvalue weighted by Gasteiger charge is 2.52. The van der Waals surface area contributed by atoms with Gasteiger partial charge in [0.15, 0.2) is 5.60 Å². The number of carbonyl (C=O) groups is 1. The van der Waals surface area contributed by atoms with E-state index in [1.165, 1.54) is 0 Å². The third-order valence-electron chi connectivity index (χ3n) is 4.03. The minimum atomic E-state index is -1.00. The van der Waals surface area contributed by atoms with Gasteiger partial charge in [-0.2, -0.15) is 0 Å². The second-order valence-corrected chi connectivity index (χ2v) is 8.00. The third-order valence-corrected chi connectivity index (χ3v) is 4.87. The van der Waals surface area contributed by atoms with Gasteiger partial charge in [0, 0.05) is 5.92 Å². The largest absolute Gasteiger partial charge is 0.478 e. The molecule has 1 saturated carbocycles. The molecule has 1 fully saturated rings. The number of rotatable bonds is 6. The highest BCUT2D eigenvalue weighted by Crippen LogP contribution is 2.59. The summed E-state index contributed by atoms with van der Waals surface area (Å²) in [5.41, 5.74) is 0.0728. The van der Waals surface area contributed by atoms with Crippen LogP contribution in [0.15, 0.2) is 47.1 Å². The molecule has 1 heterocycles. The van der Waals surface area contributed by atoms with Crippen molar-refractivity contribution in [3.05, 3.63) is 54.0 Å². The summed E-state index contributed by atoms with van der Waals surface area (Å²) in [6.07, 6.45) is 2.33. The summed E-state index contributed by atoms with van der Waals surface area (Å²) in [5, 5.41) is 2.80. The summed E-state index contributed by atoms with van der Waals surface area (Å²) in [6, 6.07) is 11.1. The Morgan fingerprint density at radius 1 is 1.33 bits per heavy atom. The number of amides is 1. The molecule has 1 aromatic carbocycles. The van der Waals surface area contributed by atoms with E-state index >= 15 is 0 Å². The number of nitrogens with one attached hydrogen (secondary N) is 1. The molecule has 0 radical (unpaired) electrons. The van der Waals surface area contributed by atoms with E-state index in [1.807, 2.05) is 24.3 Å². The lowest BCUT2D eigenvalue weighted by atomic mass is 10.1. The molecular formula is C18H19Cl2NO3. The molecular weight excluding hydrogens is 349 g/mol. The summed E-state index contributed by atoms with van der Waals surface area (Å²) >= 11 is 12.2. The van der Waals surface area contributed by atoms with Crippen molar-refractivity contribution < 1.29 is 13.9 Å². The predicted molar refractivity (Wildman–Crippen MR) is 93.5 cm³/mol. The second-order valence-electron chi connectivity index (χ2n) is 6.46. The molecule has 128 valence electrons. The van der Waals surface area contributed by atoms with Crippen LogP contribution in [-0.2, 0) is 11.3 Å². The minimum absolute atomic E-state index is 0.166. The van der Waals surface area contributed by atoms with Crippen LogP contribution in [0, 0.1) is 0 Å². The zero-order valence-electron chi connectivity index (χ0n) is 13.5. The number of alkyl halides is 2. The van der Waals surface area contributed by atoms with Crippen LogP contribution < -0.4 is 10.1 Å². The van der Waals surface area contributed by atoms with Crippen LogP contribution in [0.5, 0.6) is 5.75 Å². The highest BCUT2D eigenvalue weighted by atomic mass is 35.5. The zero-order chi connectivity index (χ0) is 17.4. The van der Waals surface area contributed by atoms with E-state index in [0.29, 0.717) is 18.1 Å². The second kappa shape index (κ2) is 6.34. The standard InChI is InChI=1S/C18H19Cl2NO3/c1-17(2,16(22)21-11-14-4-3-9-23-14)24-13-7-5-12(6-8-13)15-10-18(15,19)20/h3-9,15H,10-11H2,1-2H3,(H,21,22)/t15-/m1/s1. The summed E-state index contributed by atoms with van der Waals surface area (Å²) in [5.74, 6) is 1.26. The van der Waals surface area contributed by atoms with Crippen molar-refractivity contribution >= 4 is 29.1 Å². The van der Waals surface area contributed by atoms with Gasteiger partial charge in [-0.25, -0.2) is 0 Å². The van der Waals surface area contributed by atoms with E-state index < -0.39 is 9.93 Å². The molecule has 4 nitrogen and oxygen atoms in total. The molecule has 1 aliphatic rings. The number of hydrogen-bond donors (Lipinski definition) is 1. The lowest BCUT2D eigenvalue weighted by Gasteiger charge is -2.25. The summed E-state index contributed by atoms with van der Waals surface area (Å²) in [4.78, 5) is 12.3. The maximum atomic E-state index is 12.3. The molecule has 0 spiro atoms. The molecule has 0 unspecified atom stereocenters. The highest BCUT2D eigenvalue weighted by molar-refractivity contribution is 6.51. The van der Waals surface area contributed by atoms with Crippen molar-refractivity contribution in [3.8, 4) is 5.75 Å². The van der Waals surface area contributed by atoms with Crippen LogP contribution in [0.3, 0.4) is 0 Å². The SMILES string of the molecule is CC(C)(Oc1ccc([C@H]2CC2(Cl)Cl)cc1)C(=O)NCc1ccco1. The summed E-state index contributed by atoms with van der Waals surface area (Å²) < 4.78 is 10.4. The lowest BCUT2D eigenvalue weighted by Crippen LogP contribution is -2.46. The Balaban J connectivity index is 1.58. The number of hydrogen-bond acceptors (Lipinski definition) is 3. The van der Waals surface area contributed by atoms with E-state index in [1.54, 1.807) is 32.2 Å². The fourth-order valence-corrected chi connectivity index (χ4v) is 3.04. The number of halogens is 2. The Morgan fingerprint density at radius 2 is 2.00 bits per heavy atom. The van der Waals surface area contributed by atoms with Crippen molar-refractivity contribution in [3.63, 3.8) is 0 Å². The maximum Gasteiger partial charge on any atom is 0.263 e. The van der Waals surface area contributed by atoms with E-state index in [9.17, 15) is 4.79 Å². The molecule has 0 saturated heterocycles. The Labute approximate surface area is 151 Å². The smallest absolute Gasteiger partial charge is 0.263 e. The molecule has 1 aliphatic carbocycles. The van der Waals surface area contributed by atoms with Crippen molar-refractivity contribution in [2.75, 3.05) is 0 Å². The molecule has 1 aromatic heterocycles. The van der Waals surface area contributed by atoms with Crippen LogP contribution in [0.2, 0.25) is 0 Å². The molecule has 0 bridgehead atoms. The Kier molecular flexibility index (Phi) is 4.54. The normalized spacial score (nSPS) is 18.9. The molecule has 6 heteroatoms. The van der Waals surface area contributed by atoms with Crippen molar-refractivity contribution in [1.82, 2.24) is 5.32 Å². The Bertz CT molecular complexity index is 708. The van der Waals surface area contributed by atoms with Gasteiger partial charge in [0.25, 0.3) is 5.91 Å². The van der Waals surface area contributed by atoms with Crippen LogP contribution in [0.4, 0.5) is 0 Å². The lowest BCUT2D eigenvalue weighted by molar-refractivity contribution is -0.134. The van der Waals surface area contributed by atoms with Crippen LogP contribution in [0.1, 0.15) is 37.5 Å². The van der Waals surface area contributed by atoms with Crippen LogP contribution in [-0.4, -0.2) is 15.8 Å². The molecule has 1 amide bonds. The molecule has 24 heavy (non-hydrogen) atoms. The predicted octanol–water partition coefficient (Wildman–Crippen LogP) is 4.41. The van der Waals surface area contributed by atoms with E-state index in [4.69, 9.17) is 32.4 Å². The van der Waals surface area contributed by atoms with E-state index in [-0.39, 0.29) is 11.8 Å². The van der Waals surface area contributed by atoms with Gasteiger partial charge in [-0.15, -0.1) is 23.2 Å². The van der Waals surface area contributed by atoms with Gasteiger partial charge in [-0.1, -0.05) is 12.1 Å². The molecule has 0 aliphatic heterocycles. The number of furan rings is 1. The molecule has 1 N–H and O–H groups in total. The number of ether oxygens (including phenoxy) is 1. The van der Waals surface area contributed by atoms with Crippen LogP contribution in [0.25, 0.3) is 0 Å². The van der Waals surface area contributed by atoms with Gasteiger partial charge in [0.05, 0.1) is 12.8 Å². The average Bonchev–Trinajstić information content (AvgIpc) is 2.94. The fourth-order valence-electron chi connectivity index (χ4n) is 2.48. The van der Waals surface area contributed by atoms with Crippen molar-refractivity contribution in [1.29, 1.82) is 0 Å². The molecule has 3 rings (SSSR count). The third kappa shape index (κ3) is 3.87. The van der Waals surface area contributed by atoms with Gasteiger partial charge < -0.3 is 14.5 Å². The van der Waals surface area contributed by atoms with Crippen molar-refractivity contribution in [2.24, 2.45) is 0 Å². The quantitative estimate of drug-likeness (QED) is 0.769. The number of carbonyl (C=O) groups excluding carboxylic acids is 1. The zero-order valence-corrected chi connectivity index (χ0v) is 15.0. The monoisotopic (exact) mass is 367 g/mol. The first-order chi connectivity index (χ1) is 11.3. The molecule has 1 atom stereocenters. The topological polar surface area (TPSA) is 51.5 Å². The van der Waals surface area contributed by atoms with Crippen molar-refractivity contribution in [2.45, 2.75) is 42.7 Å². The summed E-state index contributed by atoms with van der Waals surface area (Å²) in [6.45, 7) is 3.77. The fraction of sp³-hybridized carbons (Fsp3) is 0.389. The van der Waals surface area contributed by atoms with Gasteiger partial charge >= 0.3 is 0 Å². The first-order valence-corrected chi connectivity index (χ1v) is 8.51. The van der Waals surface area contributed by atoms with E-state index in [0.717, 1.165) is 12.0 Å². The maximum absolute atomic E-state index is 12.3. The van der Waals surface area contributed by atoms with Gasteiger partial charge in [-0.05, 0) is 50.1 Å². The molecule has 2 aromatic rings. The first-order valence-electron chi connectivity index (χ1n) is 7.75. The number of benzene rings is 1. The van der Waals surface area contributed by atoms with Gasteiger partial charge in [0.1, 0.15) is 15.8 Å². The average molecular weight is 368 g/mol. The van der Waals surface area contributed by atoms with Gasteiger partial charge in [0.2, 0.25) is 0 Å². The summed E-state index contributed by atoms with van der Waals surface area (Å²) in [7, 11) is 0. The first kappa shape index (κ1) is 17.2. The minimum Gasteiger partial charge on any atom is -0.478 e.